The smallest absolute Gasteiger partial charge is 0.407 e. The van der Waals surface area contributed by atoms with Gasteiger partial charge in [0.2, 0.25) is 0 Å². The van der Waals surface area contributed by atoms with E-state index in [1.54, 1.807) is 25.7 Å². The molecule has 0 saturated carbocycles. The van der Waals surface area contributed by atoms with E-state index in [1.165, 1.54) is 17.2 Å². The van der Waals surface area contributed by atoms with Gasteiger partial charge in [-0.1, -0.05) is 19.9 Å². The molecule has 42 heavy (non-hydrogen) atoms. The van der Waals surface area contributed by atoms with Crippen LogP contribution in [0.3, 0.4) is 0 Å². The summed E-state index contributed by atoms with van der Waals surface area (Å²) in [7, 11) is 0. The lowest BCUT2D eigenvalue weighted by atomic mass is 10.0. The van der Waals surface area contributed by atoms with Crippen LogP contribution in [0.1, 0.15) is 44.4 Å². The van der Waals surface area contributed by atoms with Crippen LogP contribution < -0.4 is 10.6 Å². The van der Waals surface area contributed by atoms with E-state index in [2.05, 4.69) is 15.0 Å². The van der Waals surface area contributed by atoms with Crippen molar-refractivity contribution in [3.63, 3.8) is 0 Å². The normalized spacial score (nSPS) is 15.7. The van der Waals surface area contributed by atoms with Crippen LogP contribution in [-0.2, 0) is 0 Å². The number of aromatic hydroxyl groups is 1. The predicted octanol–water partition coefficient (Wildman–Crippen LogP) is 5.08. The molecule has 1 saturated heterocycles. The average Bonchev–Trinajstić information content (AvgIpc) is 2.92. The standard InChI is InChI=1S/C28H26F4N6O4/c1-13(2)21-23(15(24(31)32)7-8-33-21)38-26-16(11-18(30)22(34-26)20-17(29)5-4-6-19(20)39)25(35-27(38)40)37-10-9-36(28(41)42)12-14(37)3/h4-8,11,13-14,24,39H,9-10,12H2,1-3H3,(H,41,42)/t14-/m0/s1. The molecule has 1 atom stereocenters. The van der Waals surface area contributed by atoms with Crippen molar-refractivity contribution in [2.24, 2.45) is 0 Å². The molecule has 0 unspecified atom stereocenters. The van der Waals surface area contributed by atoms with Crippen molar-refractivity contribution in [2.45, 2.75) is 39.2 Å². The number of rotatable bonds is 5. The molecule has 3 aromatic heterocycles. The molecule has 1 amide bonds. The number of benzene rings is 1. The minimum atomic E-state index is -3.04. The zero-order valence-corrected chi connectivity index (χ0v) is 22.7. The summed E-state index contributed by atoms with van der Waals surface area (Å²) in [6.07, 6.45) is -2.98. The first-order valence-corrected chi connectivity index (χ1v) is 13.0. The number of pyridine rings is 2. The van der Waals surface area contributed by atoms with E-state index >= 15 is 4.39 Å². The third-order valence-electron chi connectivity index (χ3n) is 7.19. The predicted molar refractivity (Wildman–Crippen MR) is 145 cm³/mol. The number of phenols is 1. The van der Waals surface area contributed by atoms with Crippen LogP contribution in [0.2, 0.25) is 0 Å². The van der Waals surface area contributed by atoms with Crippen molar-refractivity contribution < 1.29 is 32.6 Å². The number of hydrogen-bond acceptors (Lipinski definition) is 7. The van der Waals surface area contributed by atoms with Crippen molar-refractivity contribution >= 4 is 22.9 Å². The largest absolute Gasteiger partial charge is 0.507 e. The van der Waals surface area contributed by atoms with Crippen molar-refractivity contribution in [3.8, 4) is 22.7 Å². The second kappa shape index (κ2) is 10.9. The molecule has 1 aliphatic rings. The van der Waals surface area contributed by atoms with Gasteiger partial charge in [0, 0.05) is 37.4 Å². The van der Waals surface area contributed by atoms with E-state index < -0.39 is 64.4 Å². The van der Waals surface area contributed by atoms with Crippen LogP contribution in [0.5, 0.6) is 5.75 Å². The highest BCUT2D eigenvalue weighted by atomic mass is 19.3. The zero-order valence-electron chi connectivity index (χ0n) is 22.7. The molecule has 220 valence electrons. The molecule has 1 fully saturated rings. The highest BCUT2D eigenvalue weighted by molar-refractivity contribution is 5.91. The molecule has 14 heteroatoms. The van der Waals surface area contributed by atoms with Gasteiger partial charge in [0.1, 0.15) is 23.1 Å². The fourth-order valence-corrected chi connectivity index (χ4v) is 5.22. The van der Waals surface area contributed by atoms with Crippen molar-refractivity contribution in [1.29, 1.82) is 0 Å². The number of anilines is 1. The Morgan fingerprint density at radius 2 is 1.83 bits per heavy atom. The summed E-state index contributed by atoms with van der Waals surface area (Å²) in [6.45, 7) is 5.26. The van der Waals surface area contributed by atoms with Crippen molar-refractivity contribution in [3.05, 3.63) is 69.9 Å². The summed E-state index contributed by atoms with van der Waals surface area (Å²) in [5.41, 5.74) is -3.31. The van der Waals surface area contributed by atoms with E-state index in [-0.39, 0.29) is 47.9 Å². The van der Waals surface area contributed by atoms with Crippen LogP contribution in [0.4, 0.5) is 28.2 Å². The lowest BCUT2D eigenvalue weighted by Gasteiger charge is -2.39. The number of carbonyl (C=O) groups is 1. The first-order valence-electron chi connectivity index (χ1n) is 13.0. The van der Waals surface area contributed by atoms with Crippen LogP contribution in [-0.4, -0.2) is 66.4 Å². The molecule has 0 spiro atoms. The van der Waals surface area contributed by atoms with Crippen molar-refractivity contribution in [1.82, 2.24) is 24.4 Å². The van der Waals surface area contributed by atoms with Gasteiger partial charge in [0.15, 0.2) is 11.5 Å². The topological polar surface area (TPSA) is 125 Å². The minimum Gasteiger partial charge on any atom is -0.507 e. The summed E-state index contributed by atoms with van der Waals surface area (Å²) < 4.78 is 60.1. The number of carboxylic acid groups (broad SMARTS) is 1. The fraction of sp³-hybridized carbons (Fsp3) is 0.321. The third-order valence-corrected chi connectivity index (χ3v) is 7.19. The van der Waals surface area contributed by atoms with Gasteiger partial charge in [0.05, 0.1) is 22.3 Å². The second-order valence-electron chi connectivity index (χ2n) is 10.2. The summed E-state index contributed by atoms with van der Waals surface area (Å²) in [6, 6.07) is 4.82. The van der Waals surface area contributed by atoms with Crippen LogP contribution in [0.25, 0.3) is 28.0 Å². The third kappa shape index (κ3) is 4.86. The van der Waals surface area contributed by atoms with E-state index in [4.69, 9.17) is 0 Å². The van der Waals surface area contributed by atoms with Gasteiger partial charge in [-0.15, -0.1) is 0 Å². The molecule has 2 N–H and O–H groups in total. The van der Waals surface area contributed by atoms with Gasteiger partial charge in [-0.2, -0.15) is 4.98 Å². The molecule has 0 aliphatic carbocycles. The van der Waals surface area contributed by atoms with E-state index in [9.17, 15) is 33.0 Å². The first kappa shape index (κ1) is 28.8. The quantitative estimate of drug-likeness (QED) is 0.311. The summed E-state index contributed by atoms with van der Waals surface area (Å²) in [5, 5.41) is 19.7. The Morgan fingerprint density at radius 3 is 2.45 bits per heavy atom. The first-order chi connectivity index (χ1) is 19.9. The minimum absolute atomic E-state index is 0.0481. The Morgan fingerprint density at radius 1 is 1.10 bits per heavy atom. The summed E-state index contributed by atoms with van der Waals surface area (Å²) in [5.74, 6) is -3.19. The lowest BCUT2D eigenvalue weighted by molar-refractivity contribution is 0.136. The number of nitrogens with zero attached hydrogens (tertiary/aromatic N) is 6. The molecule has 4 aromatic rings. The highest BCUT2D eigenvalue weighted by Crippen LogP contribution is 2.38. The number of aromatic nitrogens is 4. The number of alkyl halides is 2. The van der Waals surface area contributed by atoms with Crippen LogP contribution >= 0.6 is 0 Å². The Labute approximate surface area is 236 Å². The van der Waals surface area contributed by atoms with E-state index in [1.807, 2.05) is 0 Å². The van der Waals surface area contributed by atoms with Crippen LogP contribution in [0.15, 0.2) is 41.3 Å². The average molecular weight is 587 g/mol. The van der Waals surface area contributed by atoms with Crippen molar-refractivity contribution in [2.75, 3.05) is 24.5 Å². The van der Waals surface area contributed by atoms with Gasteiger partial charge in [0.25, 0.3) is 6.43 Å². The number of phenolic OH excluding ortho intramolecular Hbond substituents is 1. The molecule has 0 bridgehead atoms. The molecular weight excluding hydrogens is 560 g/mol. The zero-order chi connectivity index (χ0) is 30.5. The molecular formula is C28H26F4N6O4. The molecule has 4 heterocycles. The SMILES string of the molecule is CC(C)c1nccc(C(F)F)c1-n1c(=O)nc(N2CCN(C(=O)O)C[C@@H]2C)c2cc(F)c(-c3c(O)cccc3F)nc21. The Bertz CT molecular complexity index is 1720. The van der Waals surface area contributed by atoms with E-state index in [0.717, 1.165) is 28.8 Å². The number of amides is 1. The van der Waals surface area contributed by atoms with Gasteiger partial charge in [-0.3, -0.25) is 4.98 Å². The number of fused-ring (bicyclic) bond motifs is 1. The lowest BCUT2D eigenvalue weighted by Crippen LogP contribution is -2.54. The van der Waals surface area contributed by atoms with E-state index in [0.29, 0.717) is 0 Å². The van der Waals surface area contributed by atoms with Gasteiger partial charge < -0.3 is 20.0 Å². The molecule has 5 rings (SSSR count). The molecule has 1 aliphatic heterocycles. The Hall–Kier alpha value is -4.75. The maximum Gasteiger partial charge on any atom is 0.407 e. The Kier molecular flexibility index (Phi) is 7.47. The Balaban J connectivity index is 1.89. The number of hydrogen-bond donors (Lipinski definition) is 2. The summed E-state index contributed by atoms with van der Waals surface area (Å²) in [4.78, 5) is 40.8. The fourth-order valence-electron chi connectivity index (χ4n) is 5.22. The van der Waals surface area contributed by atoms with Crippen LogP contribution in [0, 0.1) is 11.6 Å². The van der Waals surface area contributed by atoms with Gasteiger partial charge in [-0.05, 0) is 37.1 Å². The van der Waals surface area contributed by atoms with Gasteiger partial charge >= 0.3 is 11.8 Å². The maximum absolute atomic E-state index is 15.7. The maximum atomic E-state index is 15.7. The molecule has 1 aromatic carbocycles. The second-order valence-corrected chi connectivity index (χ2v) is 10.2. The monoisotopic (exact) mass is 586 g/mol. The molecule has 10 nitrogen and oxygen atoms in total. The number of halogens is 4. The molecule has 0 radical (unpaired) electrons. The highest BCUT2D eigenvalue weighted by Gasteiger charge is 2.32. The van der Waals surface area contributed by atoms with Gasteiger partial charge in [-0.25, -0.2) is 36.7 Å². The number of piperazine rings is 1. The summed E-state index contributed by atoms with van der Waals surface area (Å²) >= 11 is 0.